The van der Waals surface area contributed by atoms with Crippen molar-refractivity contribution in [3.63, 3.8) is 0 Å². The maximum atomic E-state index is 11.0. The molecule has 1 heterocycles. The van der Waals surface area contributed by atoms with E-state index in [2.05, 4.69) is 21.2 Å². The largest absolute Gasteiger partial charge is 0.480 e. The van der Waals surface area contributed by atoms with E-state index in [-0.39, 0.29) is 0 Å². The predicted octanol–water partition coefficient (Wildman–Crippen LogP) is 2.42. The number of benzene rings is 2. The molecular weight excluding hydrogens is 374 g/mol. The second kappa shape index (κ2) is 7.44. The van der Waals surface area contributed by atoms with Gasteiger partial charge in [-0.3, -0.25) is 10.1 Å². The van der Waals surface area contributed by atoms with Gasteiger partial charge >= 0.3 is 5.97 Å². The molecule has 0 saturated carbocycles. The highest BCUT2D eigenvalue weighted by molar-refractivity contribution is 9.10. The van der Waals surface area contributed by atoms with Crippen LogP contribution in [-0.4, -0.2) is 41.0 Å². The number of rotatable bonds is 5. The van der Waals surface area contributed by atoms with Gasteiger partial charge in [0.05, 0.1) is 12.7 Å². The van der Waals surface area contributed by atoms with Gasteiger partial charge in [0.25, 0.3) is 0 Å². The maximum Gasteiger partial charge on any atom is 0.323 e. The molecule has 24 heavy (non-hydrogen) atoms. The normalized spacial score (nSPS) is 23.3. The van der Waals surface area contributed by atoms with Gasteiger partial charge in [-0.15, -0.1) is 0 Å². The predicted molar refractivity (Wildman–Crippen MR) is 93.6 cm³/mol. The Morgan fingerprint density at radius 3 is 2.62 bits per heavy atom. The topological polar surface area (TPSA) is 78.8 Å². The summed E-state index contributed by atoms with van der Waals surface area (Å²) in [7, 11) is 0. The fraction of sp³-hybridized carbons (Fsp3) is 0.278. The molecule has 1 saturated heterocycles. The Bertz CT molecular complexity index is 722. The van der Waals surface area contributed by atoms with Crippen molar-refractivity contribution in [2.24, 2.45) is 0 Å². The summed E-state index contributed by atoms with van der Waals surface area (Å²) in [6, 6.07) is 15.0. The molecule has 1 aliphatic rings. The molecule has 0 amide bonds. The number of aliphatic carboxylic acids is 1. The first kappa shape index (κ1) is 17.1. The molecule has 1 fully saturated rings. The molecule has 0 radical (unpaired) electrons. The third-order valence-corrected chi connectivity index (χ3v) is 4.77. The molecule has 126 valence electrons. The number of ether oxygens (including phenoxy) is 1. The minimum atomic E-state index is -1.07. The monoisotopic (exact) mass is 391 g/mol. The zero-order valence-electron chi connectivity index (χ0n) is 12.9. The van der Waals surface area contributed by atoms with Gasteiger partial charge in [0.15, 0.2) is 0 Å². The van der Waals surface area contributed by atoms with E-state index in [1.165, 1.54) is 0 Å². The number of carboxylic acids is 1. The number of hydrogen-bond donors (Lipinski definition) is 3. The van der Waals surface area contributed by atoms with Crippen molar-refractivity contribution in [3.8, 4) is 11.1 Å². The van der Waals surface area contributed by atoms with Gasteiger partial charge in [-0.05, 0) is 22.8 Å². The molecule has 2 aromatic carbocycles. The number of carboxylic acid groups (broad SMARTS) is 1. The van der Waals surface area contributed by atoms with Gasteiger partial charge in [-0.1, -0.05) is 58.4 Å². The quantitative estimate of drug-likeness (QED) is 0.729. The summed E-state index contributed by atoms with van der Waals surface area (Å²) in [5.74, 6) is -1.07. The van der Waals surface area contributed by atoms with Gasteiger partial charge in [0.1, 0.15) is 12.1 Å². The first-order valence-corrected chi connectivity index (χ1v) is 8.45. The summed E-state index contributed by atoms with van der Waals surface area (Å²) in [6.07, 6.45) is -1.58. The van der Waals surface area contributed by atoms with E-state index >= 15 is 0 Å². The molecule has 0 bridgehead atoms. The summed E-state index contributed by atoms with van der Waals surface area (Å²) >= 11 is 3.58. The molecule has 0 spiro atoms. The molecule has 3 N–H and O–H groups in total. The first-order chi connectivity index (χ1) is 11.6. The molecule has 0 aromatic heterocycles. The lowest BCUT2D eigenvalue weighted by molar-refractivity contribution is -0.142. The number of aliphatic hydroxyl groups excluding tert-OH is 1. The van der Waals surface area contributed by atoms with Crippen molar-refractivity contribution in [1.29, 1.82) is 0 Å². The highest BCUT2D eigenvalue weighted by Crippen LogP contribution is 2.29. The SMILES string of the molecule is O=C(O)[C@@H]1NC[C@H](OCc2ccc(-c3ccccc3)c(Br)c2)[C@H]1O. The van der Waals surface area contributed by atoms with Crippen LogP contribution in [0, 0.1) is 0 Å². The lowest BCUT2D eigenvalue weighted by Crippen LogP contribution is -2.40. The van der Waals surface area contributed by atoms with Crippen LogP contribution in [-0.2, 0) is 16.1 Å². The van der Waals surface area contributed by atoms with Crippen molar-refractivity contribution < 1.29 is 19.7 Å². The maximum absolute atomic E-state index is 11.0. The number of hydrogen-bond acceptors (Lipinski definition) is 4. The smallest absolute Gasteiger partial charge is 0.323 e. The highest BCUT2D eigenvalue weighted by Gasteiger charge is 2.39. The molecule has 5 nitrogen and oxygen atoms in total. The van der Waals surface area contributed by atoms with Crippen LogP contribution in [0.2, 0.25) is 0 Å². The van der Waals surface area contributed by atoms with Crippen LogP contribution in [0.3, 0.4) is 0 Å². The average Bonchev–Trinajstić information content (AvgIpc) is 2.95. The van der Waals surface area contributed by atoms with E-state index in [4.69, 9.17) is 9.84 Å². The zero-order valence-corrected chi connectivity index (χ0v) is 14.4. The van der Waals surface area contributed by atoms with Gasteiger partial charge in [0.2, 0.25) is 0 Å². The summed E-state index contributed by atoms with van der Waals surface area (Å²) in [5, 5.41) is 21.7. The van der Waals surface area contributed by atoms with Crippen LogP contribution >= 0.6 is 15.9 Å². The van der Waals surface area contributed by atoms with Crippen molar-refractivity contribution in [2.45, 2.75) is 24.9 Å². The molecule has 2 aromatic rings. The molecule has 3 rings (SSSR count). The third kappa shape index (κ3) is 3.67. The van der Waals surface area contributed by atoms with Crippen LogP contribution in [0.1, 0.15) is 5.56 Å². The zero-order chi connectivity index (χ0) is 17.1. The van der Waals surface area contributed by atoms with Crippen molar-refractivity contribution in [2.75, 3.05) is 6.54 Å². The van der Waals surface area contributed by atoms with Crippen molar-refractivity contribution >= 4 is 21.9 Å². The van der Waals surface area contributed by atoms with Gasteiger partial charge in [-0.2, -0.15) is 0 Å². The molecule has 0 aliphatic carbocycles. The minimum absolute atomic E-state index is 0.309. The molecule has 1 aliphatic heterocycles. The second-order valence-corrected chi connectivity index (χ2v) is 6.60. The summed E-state index contributed by atoms with van der Waals surface area (Å²) in [4.78, 5) is 11.0. The minimum Gasteiger partial charge on any atom is -0.480 e. The number of nitrogens with one attached hydrogen (secondary N) is 1. The van der Waals surface area contributed by atoms with E-state index in [9.17, 15) is 9.90 Å². The van der Waals surface area contributed by atoms with E-state index in [1.54, 1.807) is 0 Å². The first-order valence-electron chi connectivity index (χ1n) is 7.66. The molecular formula is C18H18BrNO4. The van der Waals surface area contributed by atoms with Gasteiger partial charge in [0, 0.05) is 11.0 Å². The van der Waals surface area contributed by atoms with E-state index < -0.39 is 24.2 Å². The molecule has 3 atom stereocenters. The van der Waals surface area contributed by atoms with E-state index in [1.807, 2.05) is 48.5 Å². The van der Waals surface area contributed by atoms with Crippen LogP contribution in [0.4, 0.5) is 0 Å². The van der Waals surface area contributed by atoms with Crippen LogP contribution in [0.5, 0.6) is 0 Å². The fourth-order valence-corrected chi connectivity index (χ4v) is 3.45. The summed E-state index contributed by atoms with van der Waals surface area (Å²) in [6.45, 7) is 0.630. The third-order valence-electron chi connectivity index (χ3n) is 4.11. The standard InChI is InChI=1S/C18H18BrNO4/c19-14-8-11(6-7-13(14)12-4-2-1-3-5-12)10-24-15-9-20-16(17(15)21)18(22)23/h1-8,15-17,20-21H,9-10H2,(H,22,23)/t15-,16+,17+/m0/s1. The Morgan fingerprint density at radius 1 is 1.25 bits per heavy atom. The van der Waals surface area contributed by atoms with E-state index in [0.29, 0.717) is 13.2 Å². The summed E-state index contributed by atoms with van der Waals surface area (Å²) < 4.78 is 6.65. The Morgan fingerprint density at radius 2 is 2.00 bits per heavy atom. The van der Waals surface area contributed by atoms with Crippen molar-refractivity contribution in [3.05, 3.63) is 58.6 Å². The summed E-state index contributed by atoms with van der Waals surface area (Å²) in [5.41, 5.74) is 3.16. The Balaban J connectivity index is 1.65. The Hall–Kier alpha value is -1.73. The Kier molecular flexibility index (Phi) is 5.30. The van der Waals surface area contributed by atoms with Crippen molar-refractivity contribution in [1.82, 2.24) is 5.32 Å². The lowest BCUT2D eigenvalue weighted by Gasteiger charge is -2.17. The molecule has 0 unspecified atom stereocenters. The fourth-order valence-electron chi connectivity index (χ4n) is 2.79. The number of aliphatic hydroxyl groups is 1. The lowest BCUT2D eigenvalue weighted by atomic mass is 10.0. The van der Waals surface area contributed by atoms with Crippen LogP contribution < -0.4 is 5.32 Å². The number of carbonyl (C=O) groups is 1. The average molecular weight is 392 g/mol. The Labute approximate surface area is 148 Å². The van der Waals surface area contributed by atoms with Crippen LogP contribution in [0.15, 0.2) is 53.0 Å². The van der Waals surface area contributed by atoms with Crippen LogP contribution in [0.25, 0.3) is 11.1 Å². The molecule has 6 heteroatoms. The number of halogens is 1. The van der Waals surface area contributed by atoms with E-state index in [0.717, 1.165) is 21.2 Å². The second-order valence-electron chi connectivity index (χ2n) is 5.74. The van der Waals surface area contributed by atoms with Gasteiger partial charge in [-0.25, -0.2) is 0 Å². The highest BCUT2D eigenvalue weighted by atomic mass is 79.9. The van der Waals surface area contributed by atoms with Gasteiger partial charge < -0.3 is 14.9 Å².